The molecule has 3 heterocycles. The average Bonchev–Trinajstić information content (AvgIpc) is 3.25. The Bertz CT molecular complexity index is 971. The van der Waals surface area contributed by atoms with Gasteiger partial charge >= 0.3 is 0 Å². The molecule has 1 aromatic carbocycles. The van der Waals surface area contributed by atoms with Crippen LogP contribution in [0.1, 0.15) is 39.0 Å². The highest BCUT2D eigenvalue weighted by Crippen LogP contribution is 2.37. The molecule has 5 nitrogen and oxygen atoms in total. The van der Waals surface area contributed by atoms with Crippen molar-refractivity contribution in [3.63, 3.8) is 0 Å². The first-order valence-corrected chi connectivity index (χ1v) is 11.1. The highest BCUT2D eigenvalue weighted by Gasteiger charge is 2.25. The number of unbranched alkanes of at least 4 members (excludes halogenated alkanes) is 4. The number of anilines is 1. The van der Waals surface area contributed by atoms with Crippen LogP contribution < -0.4 is 9.64 Å². The van der Waals surface area contributed by atoms with E-state index in [-0.39, 0.29) is 12.5 Å². The highest BCUT2D eigenvalue weighted by molar-refractivity contribution is 7.13. The minimum absolute atomic E-state index is 0.0255. The molecule has 0 atom stereocenters. The number of thiazole rings is 1. The van der Waals surface area contributed by atoms with E-state index in [1.165, 1.54) is 19.3 Å². The van der Waals surface area contributed by atoms with Gasteiger partial charge in [-0.15, -0.1) is 11.3 Å². The van der Waals surface area contributed by atoms with Gasteiger partial charge in [0.05, 0.1) is 17.1 Å². The molecule has 1 aliphatic rings. The Morgan fingerprint density at radius 2 is 2.00 bits per heavy atom. The third kappa shape index (κ3) is 4.48. The van der Waals surface area contributed by atoms with Gasteiger partial charge in [-0.3, -0.25) is 9.78 Å². The van der Waals surface area contributed by atoms with Gasteiger partial charge < -0.3 is 9.64 Å². The van der Waals surface area contributed by atoms with Crippen molar-refractivity contribution in [1.82, 2.24) is 9.97 Å². The summed E-state index contributed by atoms with van der Waals surface area (Å²) in [6.07, 6.45) is 7.62. The van der Waals surface area contributed by atoms with Gasteiger partial charge in [0, 0.05) is 23.7 Å². The lowest BCUT2D eigenvalue weighted by molar-refractivity contribution is -0.121. The molecular weight excluding hydrogens is 382 g/mol. The largest absolute Gasteiger partial charge is 0.482 e. The first kappa shape index (κ1) is 19.6. The maximum atomic E-state index is 12.5. The number of rotatable bonds is 8. The Balaban J connectivity index is 1.55. The van der Waals surface area contributed by atoms with Crippen molar-refractivity contribution in [2.45, 2.75) is 39.0 Å². The van der Waals surface area contributed by atoms with Crippen molar-refractivity contribution < 1.29 is 9.53 Å². The molecule has 6 heteroatoms. The van der Waals surface area contributed by atoms with Gasteiger partial charge in [0.25, 0.3) is 5.91 Å². The summed E-state index contributed by atoms with van der Waals surface area (Å²) in [6.45, 7) is 3.06. The van der Waals surface area contributed by atoms with Crippen molar-refractivity contribution in [2.75, 3.05) is 18.1 Å². The fraction of sp³-hybridized carbons (Fsp3) is 0.348. The molecule has 0 unspecified atom stereocenters. The van der Waals surface area contributed by atoms with Crippen LogP contribution in [0, 0.1) is 0 Å². The van der Waals surface area contributed by atoms with Crippen molar-refractivity contribution in [1.29, 1.82) is 0 Å². The second-order valence-electron chi connectivity index (χ2n) is 7.18. The van der Waals surface area contributed by atoms with Gasteiger partial charge in [-0.1, -0.05) is 38.7 Å². The van der Waals surface area contributed by atoms with Crippen LogP contribution >= 0.6 is 11.3 Å². The van der Waals surface area contributed by atoms with Crippen LogP contribution in [0.4, 0.5) is 5.69 Å². The number of benzene rings is 1. The van der Waals surface area contributed by atoms with Crippen LogP contribution in [-0.2, 0) is 4.79 Å². The van der Waals surface area contributed by atoms with E-state index in [1.54, 1.807) is 17.5 Å². The molecule has 4 rings (SSSR count). The molecule has 0 saturated carbocycles. The number of hydrogen-bond donors (Lipinski definition) is 0. The van der Waals surface area contributed by atoms with E-state index in [0.717, 1.165) is 52.8 Å². The second kappa shape index (κ2) is 9.18. The zero-order valence-corrected chi connectivity index (χ0v) is 17.5. The molecule has 2 aromatic heterocycles. The zero-order chi connectivity index (χ0) is 20.1. The molecule has 1 aliphatic heterocycles. The Morgan fingerprint density at radius 1 is 1.10 bits per heavy atom. The number of aromatic nitrogens is 2. The molecule has 0 spiro atoms. The smallest absolute Gasteiger partial charge is 0.265 e. The molecule has 0 aliphatic carbocycles. The van der Waals surface area contributed by atoms with E-state index in [4.69, 9.17) is 9.72 Å². The molecule has 29 heavy (non-hydrogen) atoms. The summed E-state index contributed by atoms with van der Waals surface area (Å²) in [5.41, 5.74) is 3.59. The predicted molar refractivity (Wildman–Crippen MR) is 117 cm³/mol. The van der Waals surface area contributed by atoms with E-state index >= 15 is 0 Å². The minimum atomic E-state index is 0.0255. The lowest BCUT2D eigenvalue weighted by Crippen LogP contribution is -2.39. The van der Waals surface area contributed by atoms with Crippen molar-refractivity contribution in [3.05, 3.63) is 48.0 Å². The molecule has 0 bridgehead atoms. The lowest BCUT2D eigenvalue weighted by Gasteiger charge is -2.29. The molecule has 0 fully saturated rings. The quantitative estimate of drug-likeness (QED) is 0.458. The summed E-state index contributed by atoms with van der Waals surface area (Å²) < 4.78 is 5.66. The van der Waals surface area contributed by atoms with Crippen molar-refractivity contribution >= 4 is 22.9 Å². The second-order valence-corrected chi connectivity index (χ2v) is 8.04. The number of nitrogens with zero attached hydrogens (tertiary/aromatic N) is 3. The van der Waals surface area contributed by atoms with Gasteiger partial charge in [-0.25, -0.2) is 4.98 Å². The number of fused-ring (bicyclic) bond motifs is 1. The number of pyridine rings is 1. The fourth-order valence-electron chi connectivity index (χ4n) is 3.49. The SMILES string of the molecule is CCCCCCCN1C(=O)COc2ccc(-c3csc(-c4ccccn4)n3)cc21. The van der Waals surface area contributed by atoms with Crippen LogP contribution in [0.2, 0.25) is 0 Å². The van der Waals surface area contributed by atoms with E-state index < -0.39 is 0 Å². The Hall–Kier alpha value is -2.73. The molecule has 150 valence electrons. The predicted octanol–water partition coefficient (Wildman–Crippen LogP) is 5.57. The van der Waals surface area contributed by atoms with E-state index in [9.17, 15) is 4.79 Å². The van der Waals surface area contributed by atoms with Crippen molar-refractivity contribution in [3.8, 4) is 27.7 Å². The summed E-state index contributed by atoms with van der Waals surface area (Å²) in [5, 5.41) is 2.92. The van der Waals surface area contributed by atoms with Gasteiger partial charge in [0.15, 0.2) is 6.61 Å². The van der Waals surface area contributed by atoms with E-state index in [0.29, 0.717) is 0 Å². The maximum Gasteiger partial charge on any atom is 0.265 e. The Labute approximate surface area is 175 Å². The third-order valence-corrected chi connectivity index (χ3v) is 5.94. The third-order valence-electron chi connectivity index (χ3n) is 5.07. The standard InChI is InChI=1S/C23H25N3O2S/c1-2-3-4-5-8-13-26-20-14-17(10-11-21(20)28-15-22(26)27)19-16-29-23(25-19)18-9-6-7-12-24-18/h6-7,9-12,14,16H,2-5,8,13,15H2,1H3. The summed E-state index contributed by atoms with van der Waals surface area (Å²) in [6, 6.07) is 11.8. The summed E-state index contributed by atoms with van der Waals surface area (Å²) >= 11 is 1.57. The van der Waals surface area contributed by atoms with Crippen molar-refractivity contribution in [2.24, 2.45) is 0 Å². The topological polar surface area (TPSA) is 55.3 Å². The van der Waals surface area contributed by atoms with E-state index in [1.807, 2.05) is 46.7 Å². The van der Waals surface area contributed by atoms with Crippen LogP contribution in [0.15, 0.2) is 48.0 Å². The minimum Gasteiger partial charge on any atom is -0.482 e. The average molecular weight is 408 g/mol. The van der Waals surface area contributed by atoms with Crippen LogP contribution in [0.5, 0.6) is 5.75 Å². The van der Waals surface area contributed by atoms with Crippen LogP contribution in [-0.4, -0.2) is 29.0 Å². The summed E-state index contributed by atoms with van der Waals surface area (Å²) in [7, 11) is 0. The number of carbonyl (C=O) groups excluding carboxylic acids is 1. The fourth-order valence-corrected chi connectivity index (χ4v) is 4.30. The molecule has 0 N–H and O–H groups in total. The first-order chi connectivity index (χ1) is 14.3. The molecule has 1 amide bonds. The number of hydrogen-bond acceptors (Lipinski definition) is 5. The monoisotopic (exact) mass is 407 g/mol. The van der Waals surface area contributed by atoms with Crippen LogP contribution in [0.3, 0.4) is 0 Å². The van der Waals surface area contributed by atoms with Gasteiger partial charge in [-0.2, -0.15) is 0 Å². The number of amides is 1. The maximum absolute atomic E-state index is 12.5. The first-order valence-electron chi connectivity index (χ1n) is 10.2. The Kier molecular flexibility index (Phi) is 6.20. The number of ether oxygens (including phenoxy) is 1. The van der Waals surface area contributed by atoms with Gasteiger partial charge in [-0.05, 0) is 36.8 Å². The van der Waals surface area contributed by atoms with Gasteiger partial charge in [0.2, 0.25) is 0 Å². The Morgan fingerprint density at radius 3 is 2.83 bits per heavy atom. The summed E-state index contributed by atoms with van der Waals surface area (Å²) in [5.74, 6) is 0.791. The molecular formula is C23H25N3O2S. The number of carbonyl (C=O) groups is 1. The zero-order valence-electron chi connectivity index (χ0n) is 16.6. The van der Waals surface area contributed by atoms with E-state index in [2.05, 4.69) is 11.9 Å². The lowest BCUT2D eigenvalue weighted by atomic mass is 10.1. The normalized spacial score (nSPS) is 13.3. The van der Waals surface area contributed by atoms with Gasteiger partial charge in [0.1, 0.15) is 10.8 Å². The van der Waals surface area contributed by atoms with Crippen LogP contribution in [0.25, 0.3) is 22.0 Å². The summed E-state index contributed by atoms with van der Waals surface area (Å²) in [4.78, 5) is 23.5. The highest BCUT2D eigenvalue weighted by atomic mass is 32.1. The molecule has 3 aromatic rings. The molecule has 0 radical (unpaired) electrons. The molecule has 0 saturated heterocycles.